The number of amides is 1. The second-order valence-corrected chi connectivity index (χ2v) is 3.65. The van der Waals surface area contributed by atoms with Crippen LogP contribution in [0.25, 0.3) is 0 Å². The average molecular weight is 221 g/mol. The lowest BCUT2D eigenvalue weighted by Gasteiger charge is -2.07. The van der Waals surface area contributed by atoms with Crippen molar-refractivity contribution in [1.29, 1.82) is 0 Å². The van der Waals surface area contributed by atoms with E-state index in [1.165, 1.54) is 0 Å². The van der Waals surface area contributed by atoms with E-state index in [9.17, 15) is 4.79 Å². The molecule has 0 aliphatic heterocycles. The number of anilines is 2. The van der Waals surface area contributed by atoms with Gasteiger partial charge in [-0.15, -0.1) is 0 Å². The number of carbonyl (C=O) groups excluding carboxylic acids is 1. The van der Waals surface area contributed by atoms with Gasteiger partial charge >= 0.3 is 0 Å². The average Bonchev–Trinajstić information content (AvgIpc) is 2.27. The van der Waals surface area contributed by atoms with Gasteiger partial charge in [0.1, 0.15) is 0 Å². The van der Waals surface area contributed by atoms with E-state index < -0.39 is 0 Å². The molecule has 0 aliphatic rings. The van der Waals surface area contributed by atoms with Gasteiger partial charge in [-0.3, -0.25) is 4.79 Å². The van der Waals surface area contributed by atoms with E-state index in [-0.39, 0.29) is 5.91 Å². The molecular formula is C12H19N3O. The van der Waals surface area contributed by atoms with Gasteiger partial charge in [0, 0.05) is 30.9 Å². The van der Waals surface area contributed by atoms with Crippen LogP contribution in [0.4, 0.5) is 11.4 Å². The Hall–Kier alpha value is -1.71. The second kappa shape index (κ2) is 6.71. The van der Waals surface area contributed by atoms with Crippen molar-refractivity contribution >= 4 is 17.3 Å². The molecule has 0 radical (unpaired) electrons. The third-order valence-electron chi connectivity index (χ3n) is 2.16. The normalized spacial score (nSPS) is 9.81. The summed E-state index contributed by atoms with van der Waals surface area (Å²) < 4.78 is 0. The quantitative estimate of drug-likeness (QED) is 0.505. The summed E-state index contributed by atoms with van der Waals surface area (Å²) in [5, 5.41) is 6.04. The summed E-state index contributed by atoms with van der Waals surface area (Å²) in [7, 11) is 0. The predicted octanol–water partition coefficient (Wildman–Crippen LogP) is 1.60. The zero-order valence-electron chi connectivity index (χ0n) is 9.62. The van der Waals surface area contributed by atoms with E-state index in [1.807, 2.05) is 31.2 Å². The van der Waals surface area contributed by atoms with Crippen LogP contribution in [0.1, 0.15) is 19.8 Å². The number of rotatable bonds is 6. The first-order chi connectivity index (χ1) is 7.72. The Bertz CT molecular complexity index is 322. The number of nitrogen functional groups attached to an aromatic ring is 1. The Kier molecular flexibility index (Phi) is 5.19. The van der Waals surface area contributed by atoms with Crippen LogP contribution in [0.15, 0.2) is 24.3 Å². The van der Waals surface area contributed by atoms with Crippen LogP contribution in [0.5, 0.6) is 0 Å². The largest absolute Gasteiger partial charge is 0.399 e. The molecule has 0 aromatic heterocycles. The van der Waals surface area contributed by atoms with E-state index in [4.69, 9.17) is 5.73 Å². The van der Waals surface area contributed by atoms with Crippen molar-refractivity contribution in [2.24, 2.45) is 0 Å². The molecule has 0 saturated carbocycles. The minimum Gasteiger partial charge on any atom is -0.399 e. The highest BCUT2D eigenvalue weighted by Gasteiger charge is 1.97. The lowest BCUT2D eigenvalue weighted by Crippen LogP contribution is -2.28. The fraction of sp³-hybridized carbons (Fsp3) is 0.417. The highest BCUT2D eigenvalue weighted by molar-refractivity contribution is 5.75. The van der Waals surface area contributed by atoms with E-state index in [0.29, 0.717) is 13.0 Å². The van der Waals surface area contributed by atoms with Crippen LogP contribution >= 0.6 is 0 Å². The number of nitrogens with two attached hydrogens (primary N) is 1. The summed E-state index contributed by atoms with van der Waals surface area (Å²) >= 11 is 0. The third-order valence-corrected chi connectivity index (χ3v) is 2.16. The maximum atomic E-state index is 11.1. The topological polar surface area (TPSA) is 67.2 Å². The van der Waals surface area contributed by atoms with E-state index in [2.05, 4.69) is 10.6 Å². The monoisotopic (exact) mass is 221 g/mol. The number of benzene rings is 1. The molecule has 1 amide bonds. The maximum Gasteiger partial charge on any atom is 0.220 e. The van der Waals surface area contributed by atoms with Gasteiger partial charge in [-0.05, 0) is 30.7 Å². The van der Waals surface area contributed by atoms with Gasteiger partial charge in [0.25, 0.3) is 0 Å². The van der Waals surface area contributed by atoms with Crippen molar-refractivity contribution in [2.45, 2.75) is 19.8 Å². The molecule has 0 fully saturated rings. The summed E-state index contributed by atoms with van der Waals surface area (Å²) in [6.45, 7) is 3.36. The van der Waals surface area contributed by atoms with E-state index in [1.54, 1.807) is 0 Å². The molecule has 0 bridgehead atoms. The van der Waals surface area contributed by atoms with Gasteiger partial charge in [-0.2, -0.15) is 0 Å². The van der Waals surface area contributed by atoms with Gasteiger partial charge in [0.2, 0.25) is 5.91 Å². The Morgan fingerprint density at radius 3 is 2.56 bits per heavy atom. The fourth-order valence-electron chi connectivity index (χ4n) is 1.33. The Balaban J connectivity index is 2.16. The van der Waals surface area contributed by atoms with Crippen molar-refractivity contribution in [2.75, 3.05) is 24.1 Å². The summed E-state index contributed by atoms with van der Waals surface area (Å²) in [5.41, 5.74) is 7.33. The minimum atomic E-state index is 0.113. The molecule has 0 atom stereocenters. The Morgan fingerprint density at radius 2 is 1.94 bits per heavy atom. The highest BCUT2D eigenvalue weighted by atomic mass is 16.1. The molecule has 1 rings (SSSR count). The zero-order valence-corrected chi connectivity index (χ0v) is 9.62. The Labute approximate surface area is 96.2 Å². The number of hydrogen-bond acceptors (Lipinski definition) is 3. The zero-order chi connectivity index (χ0) is 11.8. The van der Waals surface area contributed by atoms with Crippen LogP contribution in [-0.2, 0) is 4.79 Å². The van der Waals surface area contributed by atoms with Gasteiger partial charge in [0.05, 0.1) is 0 Å². The molecule has 16 heavy (non-hydrogen) atoms. The summed E-state index contributed by atoms with van der Waals surface area (Å²) in [4.78, 5) is 11.1. The lowest BCUT2D eigenvalue weighted by atomic mass is 10.3. The molecule has 4 N–H and O–H groups in total. The maximum absolute atomic E-state index is 11.1. The van der Waals surface area contributed by atoms with Crippen molar-refractivity contribution in [3.63, 3.8) is 0 Å². The van der Waals surface area contributed by atoms with Gasteiger partial charge in [-0.1, -0.05) is 6.92 Å². The van der Waals surface area contributed by atoms with E-state index >= 15 is 0 Å². The second-order valence-electron chi connectivity index (χ2n) is 3.65. The predicted molar refractivity (Wildman–Crippen MR) is 67.3 cm³/mol. The number of carbonyl (C=O) groups is 1. The lowest BCUT2D eigenvalue weighted by molar-refractivity contribution is -0.121. The molecule has 0 unspecified atom stereocenters. The van der Waals surface area contributed by atoms with Crippen molar-refractivity contribution in [1.82, 2.24) is 5.32 Å². The summed E-state index contributed by atoms with van der Waals surface area (Å²) in [6, 6.07) is 7.53. The van der Waals surface area contributed by atoms with Crippen LogP contribution in [0, 0.1) is 0 Å². The van der Waals surface area contributed by atoms with Crippen LogP contribution < -0.4 is 16.4 Å². The van der Waals surface area contributed by atoms with Crippen LogP contribution in [0.3, 0.4) is 0 Å². The fourth-order valence-corrected chi connectivity index (χ4v) is 1.33. The number of hydrogen-bond donors (Lipinski definition) is 3. The molecular weight excluding hydrogens is 202 g/mol. The SMILES string of the molecule is CCCC(=O)NCCNc1ccc(N)cc1. The molecule has 1 aromatic rings. The van der Waals surface area contributed by atoms with Gasteiger partial charge in [0.15, 0.2) is 0 Å². The van der Waals surface area contributed by atoms with Crippen LogP contribution in [0.2, 0.25) is 0 Å². The van der Waals surface area contributed by atoms with Gasteiger partial charge in [-0.25, -0.2) is 0 Å². The molecule has 4 nitrogen and oxygen atoms in total. The molecule has 4 heteroatoms. The van der Waals surface area contributed by atoms with Crippen LogP contribution in [-0.4, -0.2) is 19.0 Å². The first-order valence-electron chi connectivity index (χ1n) is 5.58. The van der Waals surface area contributed by atoms with Gasteiger partial charge < -0.3 is 16.4 Å². The molecule has 0 spiro atoms. The standard InChI is InChI=1S/C12H19N3O/c1-2-3-12(16)15-9-8-14-11-6-4-10(13)5-7-11/h4-7,14H,2-3,8-9,13H2,1H3,(H,15,16). The minimum absolute atomic E-state index is 0.113. The molecule has 0 aliphatic carbocycles. The molecule has 0 heterocycles. The first kappa shape index (κ1) is 12.4. The first-order valence-corrected chi connectivity index (χ1v) is 5.58. The third kappa shape index (κ3) is 4.68. The number of nitrogens with one attached hydrogen (secondary N) is 2. The van der Waals surface area contributed by atoms with Crippen molar-refractivity contribution < 1.29 is 4.79 Å². The smallest absolute Gasteiger partial charge is 0.220 e. The highest BCUT2D eigenvalue weighted by Crippen LogP contribution is 2.09. The van der Waals surface area contributed by atoms with E-state index in [0.717, 1.165) is 24.3 Å². The molecule has 1 aromatic carbocycles. The van der Waals surface area contributed by atoms with Crippen molar-refractivity contribution in [3.05, 3.63) is 24.3 Å². The Morgan fingerprint density at radius 1 is 1.25 bits per heavy atom. The van der Waals surface area contributed by atoms with Crippen molar-refractivity contribution in [3.8, 4) is 0 Å². The molecule has 0 saturated heterocycles. The summed E-state index contributed by atoms with van der Waals surface area (Å²) in [5.74, 6) is 0.113. The summed E-state index contributed by atoms with van der Waals surface area (Å²) in [6.07, 6.45) is 1.49. The molecule has 88 valence electrons.